The van der Waals surface area contributed by atoms with Crippen LogP contribution >= 0.6 is 11.6 Å². The van der Waals surface area contributed by atoms with E-state index in [1.165, 1.54) is 12.1 Å². The van der Waals surface area contributed by atoms with Crippen molar-refractivity contribution in [3.05, 3.63) is 57.2 Å². The number of halogens is 1. The highest BCUT2D eigenvalue weighted by Gasteiger charge is 2.12. The van der Waals surface area contributed by atoms with Crippen molar-refractivity contribution in [1.29, 1.82) is 0 Å². The molecule has 1 aromatic heterocycles. The molecule has 5 heteroatoms. The minimum Gasteiger partial charge on any atom is -0.478 e. The number of hydrogen-bond donors (Lipinski definition) is 1. The van der Waals surface area contributed by atoms with Crippen LogP contribution in [0.15, 0.2) is 41.2 Å². The third-order valence-electron chi connectivity index (χ3n) is 3.59. The summed E-state index contributed by atoms with van der Waals surface area (Å²) in [6.07, 6.45) is 0. The van der Waals surface area contributed by atoms with Gasteiger partial charge < -0.3 is 9.67 Å². The zero-order chi connectivity index (χ0) is 15.1. The molecule has 0 aliphatic heterocycles. The van der Waals surface area contributed by atoms with Crippen LogP contribution in [0, 0.1) is 0 Å². The largest absolute Gasteiger partial charge is 0.478 e. The number of hydrogen-bond acceptors (Lipinski definition) is 2. The summed E-state index contributed by atoms with van der Waals surface area (Å²) in [7, 11) is 0. The van der Waals surface area contributed by atoms with Gasteiger partial charge in [-0.25, -0.2) is 4.79 Å². The average molecular weight is 302 g/mol. The Bertz CT molecular complexity index is 944. The van der Waals surface area contributed by atoms with E-state index in [1.54, 1.807) is 24.3 Å². The van der Waals surface area contributed by atoms with Gasteiger partial charge in [-0.2, -0.15) is 0 Å². The molecule has 106 valence electrons. The number of aryl methyl sites for hydroxylation is 1. The monoisotopic (exact) mass is 301 g/mol. The number of pyridine rings is 1. The van der Waals surface area contributed by atoms with Gasteiger partial charge in [0.2, 0.25) is 0 Å². The van der Waals surface area contributed by atoms with Crippen molar-refractivity contribution in [3.8, 4) is 0 Å². The van der Waals surface area contributed by atoms with E-state index >= 15 is 0 Å². The van der Waals surface area contributed by atoms with Crippen molar-refractivity contribution in [3.63, 3.8) is 0 Å². The Labute approximate surface area is 125 Å². The Morgan fingerprint density at radius 2 is 1.90 bits per heavy atom. The molecule has 0 bridgehead atoms. The van der Waals surface area contributed by atoms with Crippen LogP contribution in [0.1, 0.15) is 17.3 Å². The Balaban J connectivity index is 2.56. The molecule has 0 aliphatic carbocycles. The normalized spacial score (nSPS) is 11.1. The highest BCUT2D eigenvalue weighted by atomic mass is 35.5. The fraction of sp³-hybridized carbons (Fsp3) is 0.125. The number of benzene rings is 2. The van der Waals surface area contributed by atoms with Crippen molar-refractivity contribution in [2.45, 2.75) is 13.5 Å². The first kappa shape index (κ1) is 13.6. The molecular weight excluding hydrogens is 290 g/mol. The maximum atomic E-state index is 12.6. The van der Waals surface area contributed by atoms with Gasteiger partial charge in [-0.3, -0.25) is 4.79 Å². The van der Waals surface area contributed by atoms with Gasteiger partial charge in [0.1, 0.15) is 0 Å². The van der Waals surface area contributed by atoms with Crippen molar-refractivity contribution >= 4 is 39.4 Å². The van der Waals surface area contributed by atoms with Gasteiger partial charge in [-0.1, -0.05) is 11.6 Å². The van der Waals surface area contributed by atoms with E-state index in [0.29, 0.717) is 27.9 Å². The molecule has 2 aromatic carbocycles. The van der Waals surface area contributed by atoms with E-state index in [-0.39, 0.29) is 11.0 Å². The Kier molecular flexibility index (Phi) is 3.18. The molecule has 0 saturated heterocycles. The summed E-state index contributed by atoms with van der Waals surface area (Å²) < 4.78 is 1.96. The summed E-state index contributed by atoms with van der Waals surface area (Å²) in [5.74, 6) is -1.05. The molecule has 1 N–H and O–H groups in total. The Morgan fingerprint density at radius 3 is 2.57 bits per heavy atom. The second-order valence-electron chi connectivity index (χ2n) is 4.77. The van der Waals surface area contributed by atoms with Crippen LogP contribution in [0.2, 0.25) is 5.02 Å². The van der Waals surface area contributed by atoms with Crippen molar-refractivity contribution in [2.75, 3.05) is 0 Å². The molecule has 21 heavy (non-hydrogen) atoms. The molecule has 0 fully saturated rings. The smallest absolute Gasteiger partial charge is 0.335 e. The highest BCUT2D eigenvalue weighted by Crippen LogP contribution is 2.23. The summed E-state index contributed by atoms with van der Waals surface area (Å²) in [4.78, 5) is 23.7. The third kappa shape index (κ3) is 2.08. The average Bonchev–Trinajstić information content (AvgIpc) is 2.47. The molecule has 4 nitrogen and oxygen atoms in total. The number of nitrogens with zero attached hydrogens (tertiary/aromatic N) is 1. The molecule has 0 radical (unpaired) electrons. The maximum absolute atomic E-state index is 12.6. The van der Waals surface area contributed by atoms with Crippen molar-refractivity contribution < 1.29 is 9.90 Å². The topological polar surface area (TPSA) is 59.3 Å². The van der Waals surface area contributed by atoms with Gasteiger partial charge in [0.15, 0.2) is 5.43 Å². The van der Waals surface area contributed by atoms with E-state index in [9.17, 15) is 9.59 Å². The van der Waals surface area contributed by atoms with Gasteiger partial charge in [-0.05, 0) is 43.3 Å². The van der Waals surface area contributed by atoms with Crippen LogP contribution in [0.5, 0.6) is 0 Å². The molecule has 0 atom stereocenters. The van der Waals surface area contributed by atoms with Crippen LogP contribution < -0.4 is 5.43 Å². The van der Waals surface area contributed by atoms with E-state index < -0.39 is 5.97 Å². The number of fused-ring (bicyclic) bond motifs is 2. The zero-order valence-electron chi connectivity index (χ0n) is 11.3. The molecule has 3 aromatic rings. The summed E-state index contributed by atoms with van der Waals surface area (Å²) in [6, 6.07) is 9.71. The molecule has 0 saturated carbocycles. The van der Waals surface area contributed by atoms with Gasteiger partial charge >= 0.3 is 5.97 Å². The number of carboxylic acid groups (broad SMARTS) is 1. The highest BCUT2D eigenvalue weighted by molar-refractivity contribution is 6.31. The molecule has 0 aliphatic rings. The number of aromatic nitrogens is 1. The summed E-state index contributed by atoms with van der Waals surface area (Å²) >= 11 is 6.02. The lowest BCUT2D eigenvalue weighted by Gasteiger charge is -2.13. The SMILES string of the molecule is CCn1c2ccc(C(=O)O)cc2c(=O)c2ccc(Cl)cc21. The zero-order valence-corrected chi connectivity index (χ0v) is 12.0. The maximum Gasteiger partial charge on any atom is 0.335 e. The predicted octanol–water partition coefficient (Wildman–Crippen LogP) is 3.53. The van der Waals surface area contributed by atoms with E-state index in [2.05, 4.69) is 0 Å². The lowest BCUT2D eigenvalue weighted by molar-refractivity contribution is 0.0697. The Hall–Kier alpha value is -2.33. The van der Waals surface area contributed by atoms with E-state index in [4.69, 9.17) is 16.7 Å². The lowest BCUT2D eigenvalue weighted by atomic mass is 10.1. The number of aromatic carboxylic acids is 1. The minimum atomic E-state index is -1.05. The standard InChI is InChI=1S/C16H12ClNO3/c1-2-18-13-6-3-9(16(20)21)7-12(13)15(19)11-5-4-10(17)8-14(11)18/h3-8H,2H2,1H3,(H,20,21). The van der Waals surface area contributed by atoms with Crippen LogP contribution in [0.25, 0.3) is 21.8 Å². The summed E-state index contributed by atoms with van der Waals surface area (Å²) in [5.41, 5.74) is 1.40. The quantitative estimate of drug-likeness (QED) is 0.737. The first-order valence-corrected chi connectivity index (χ1v) is 6.90. The first-order chi connectivity index (χ1) is 10.0. The first-order valence-electron chi connectivity index (χ1n) is 6.52. The molecule has 1 heterocycles. The number of carbonyl (C=O) groups is 1. The van der Waals surface area contributed by atoms with Crippen LogP contribution in [0.4, 0.5) is 0 Å². The minimum absolute atomic E-state index is 0.107. The van der Waals surface area contributed by atoms with Crippen molar-refractivity contribution in [1.82, 2.24) is 4.57 Å². The predicted molar refractivity (Wildman–Crippen MR) is 83.4 cm³/mol. The van der Waals surface area contributed by atoms with Gasteiger partial charge in [0, 0.05) is 22.3 Å². The van der Waals surface area contributed by atoms with E-state index in [0.717, 1.165) is 5.52 Å². The molecule has 3 rings (SSSR count). The second-order valence-corrected chi connectivity index (χ2v) is 5.21. The number of carboxylic acids is 1. The Morgan fingerprint density at radius 1 is 1.14 bits per heavy atom. The van der Waals surface area contributed by atoms with E-state index in [1.807, 2.05) is 11.5 Å². The summed E-state index contributed by atoms with van der Waals surface area (Å²) in [6.45, 7) is 2.62. The molecule has 0 unspecified atom stereocenters. The van der Waals surface area contributed by atoms with Gasteiger partial charge in [0.05, 0.1) is 16.6 Å². The van der Waals surface area contributed by atoms with Crippen LogP contribution in [-0.4, -0.2) is 15.6 Å². The van der Waals surface area contributed by atoms with Crippen LogP contribution in [0.3, 0.4) is 0 Å². The molecule has 0 spiro atoms. The molecule has 0 amide bonds. The summed E-state index contributed by atoms with van der Waals surface area (Å²) in [5, 5.41) is 10.6. The van der Waals surface area contributed by atoms with Crippen LogP contribution in [-0.2, 0) is 6.54 Å². The fourth-order valence-corrected chi connectivity index (χ4v) is 2.79. The van der Waals surface area contributed by atoms with Gasteiger partial charge in [-0.15, -0.1) is 0 Å². The second kappa shape index (κ2) is 4.90. The van der Waals surface area contributed by atoms with Gasteiger partial charge in [0.25, 0.3) is 0 Å². The third-order valence-corrected chi connectivity index (χ3v) is 3.83. The lowest BCUT2D eigenvalue weighted by Crippen LogP contribution is -2.12. The van der Waals surface area contributed by atoms with Crippen molar-refractivity contribution in [2.24, 2.45) is 0 Å². The molecular formula is C16H12ClNO3. The fourth-order valence-electron chi connectivity index (χ4n) is 2.62. The number of rotatable bonds is 2.